The van der Waals surface area contributed by atoms with Crippen LogP contribution in [-0.4, -0.2) is 17.2 Å². The van der Waals surface area contributed by atoms with Gasteiger partial charge in [0.2, 0.25) is 0 Å². The summed E-state index contributed by atoms with van der Waals surface area (Å²) in [4.78, 5) is 3.76. The van der Waals surface area contributed by atoms with Gasteiger partial charge in [0.15, 0.2) is 11.5 Å². The summed E-state index contributed by atoms with van der Waals surface area (Å²) >= 11 is 0. The zero-order chi connectivity index (χ0) is 14.5. The minimum atomic E-state index is -0.578. The molecule has 1 aromatic carbocycles. The van der Waals surface area contributed by atoms with Gasteiger partial charge in [-0.05, 0) is 30.7 Å². The van der Waals surface area contributed by atoms with E-state index in [0.717, 1.165) is 11.8 Å². The Hall–Kier alpha value is -2.14. The second kappa shape index (κ2) is 6.34. The summed E-state index contributed by atoms with van der Waals surface area (Å²) in [6.07, 6.45) is 2.10. The number of pyridine rings is 1. The predicted molar refractivity (Wildman–Crippen MR) is 72.2 cm³/mol. The van der Waals surface area contributed by atoms with Crippen LogP contribution < -0.4 is 9.47 Å². The van der Waals surface area contributed by atoms with E-state index in [-0.39, 0.29) is 6.61 Å². The molecule has 20 heavy (non-hydrogen) atoms. The van der Waals surface area contributed by atoms with Crippen LogP contribution >= 0.6 is 0 Å². The first kappa shape index (κ1) is 14.3. The number of methoxy groups -OCH3 is 1. The molecule has 0 saturated heterocycles. The van der Waals surface area contributed by atoms with E-state index in [1.54, 1.807) is 31.3 Å². The van der Waals surface area contributed by atoms with E-state index in [4.69, 9.17) is 9.47 Å². The molecule has 4 nitrogen and oxygen atoms in total. The molecule has 1 aromatic heterocycles. The Morgan fingerprint density at radius 2 is 2.05 bits per heavy atom. The summed E-state index contributed by atoms with van der Waals surface area (Å²) < 4.78 is 23.8. The smallest absolute Gasteiger partial charge is 0.161 e. The van der Waals surface area contributed by atoms with Gasteiger partial charge in [-0.1, -0.05) is 6.07 Å². The largest absolute Gasteiger partial charge is 0.493 e. The SMILES string of the molecule is COc1cc(C(C)O)ccc1OCc1cncc(F)c1. The van der Waals surface area contributed by atoms with Gasteiger partial charge in [-0.25, -0.2) is 4.39 Å². The third kappa shape index (κ3) is 3.45. The van der Waals surface area contributed by atoms with Crippen molar-refractivity contribution in [2.45, 2.75) is 19.6 Å². The zero-order valence-electron chi connectivity index (χ0n) is 11.3. The normalized spacial score (nSPS) is 12.0. The molecule has 1 atom stereocenters. The van der Waals surface area contributed by atoms with Crippen LogP contribution in [0.15, 0.2) is 36.7 Å². The van der Waals surface area contributed by atoms with E-state index in [0.29, 0.717) is 17.1 Å². The highest BCUT2D eigenvalue weighted by Crippen LogP contribution is 2.30. The topological polar surface area (TPSA) is 51.6 Å². The lowest BCUT2D eigenvalue weighted by atomic mass is 10.1. The minimum absolute atomic E-state index is 0.190. The van der Waals surface area contributed by atoms with Crippen molar-refractivity contribution in [3.8, 4) is 11.5 Å². The average Bonchev–Trinajstić information content (AvgIpc) is 2.45. The predicted octanol–water partition coefficient (Wildman–Crippen LogP) is 2.86. The number of ether oxygens (including phenoxy) is 2. The van der Waals surface area contributed by atoms with Crippen LogP contribution in [0.2, 0.25) is 0 Å². The fraction of sp³-hybridized carbons (Fsp3) is 0.267. The maximum atomic E-state index is 13.0. The van der Waals surface area contributed by atoms with Crippen molar-refractivity contribution in [1.82, 2.24) is 4.98 Å². The molecule has 1 heterocycles. The van der Waals surface area contributed by atoms with Gasteiger partial charge in [0.05, 0.1) is 19.4 Å². The Morgan fingerprint density at radius 1 is 1.25 bits per heavy atom. The molecule has 1 N–H and O–H groups in total. The number of nitrogens with zero attached hydrogens (tertiary/aromatic N) is 1. The lowest BCUT2D eigenvalue weighted by Crippen LogP contribution is -2.00. The third-order valence-electron chi connectivity index (χ3n) is 2.83. The van der Waals surface area contributed by atoms with Crippen LogP contribution in [0, 0.1) is 5.82 Å². The van der Waals surface area contributed by atoms with Crippen LogP contribution in [-0.2, 0) is 6.61 Å². The lowest BCUT2D eigenvalue weighted by Gasteiger charge is -2.13. The third-order valence-corrected chi connectivity index (χ3v) is 2.83. The van der Waals surface area contributed by atoms with Crippen molar-refractivity contribution in [2.75, 3.05) is 7.11 Å². The van der Waals surface area contributed by atoms with Crippen LogP contribution in [0.4, 0.5) is 4.39 Å². The monoisotopic (exact) mass is 277 g/mol. The summed E-state index contributed by atoms with van der Waals surface area (Å²) in [5.41, 5.74) is 1.37. The van der Waals surface area contributed by atoms with Crippen LogP contribution in [0.5, 0.6) is 11.5 Å². The summed E-state index contributed by atoms with van der Waals surface area (Å²) in [6, 6.07) is 6.55. The van der Waals surface area contributed by atoms with Crippen molar-refractivity contribution < 1.29 is 19.0 Å². The molecule has 0 radical (unpaired) electrons. The molecule has 0 spiro atoms. The van der Waals surface area contributed by atoms with Gasteiger partial charge >= 0.3 is 0 Å². The molecular weight excluding hydrogens is 261 g/mol. The van der Waals surface area contributed by atoms with Crippen molar-refractivity contribution in [3.63, 3.8) is 0 Å². The standard InChI is InChI=1S/C15H16FNO3/c1-10(18)12-3-4-14(15(6-12)19-2)20-9-11-5-13(16)8-17-7-11/h3-8,10,18H,9H2,1-2H3. The molecular formula is C15H16FNO3. The highest BCUT2D eigenvalue weighted by atomic mass is 19.1. The summed E-state index contributed by atoms with van der Waals surface area (Å²) in [5.74, 6) is 0.649. The molecule has 0 amide bonds. The number of hydrogen-bond acceptors (Lipinski definition) is 4. The molecule has 1 unspecified atom stereocenters. The number of aromatic nitrogens is 1. The van der Waals surface area contributed by atoms with E-state index in [1.807, 2.05) is 0 Å². The van der Waals surface area contributed by atoms with Gasteiger partial charge in [-0.3, -0.25) is 4.98 Å². The summed E-state index contributed by atoms with van der Waals surface area (Å²) in [6.45, 7) is 1.86. The van der Waals surface area contributed by atoms with E-state index in [2.05, 4.69) is 4.98 Å². The zero-order valence-corrected chi connectivity index (χ0v) is 11.3. The Labute approximate surface area is 116 Å². The fourth-order valence-electron chi connectivity index (χ4n) is 1.76. The number of halogens is 1. The van der Waals surface area contributed by atoms with Crippen molar-refractivity contribution in [3.05, 3.63) is 53.6 Å². The molecule has 0 saturated carbocycles. The van der Waals surface area contributed by atoms with Crippen LogP contribution in [0.3, 0.4) is 0 Å². The second-order valence-corrected chi connectivity index (χ2v) is 4.39. The summed E-state index contributed by atoms with van der Waals surface area (Å²) in [7, 11) is 1.53. The minimum Gasteiger partial charge on any atom is -0.493 e. The number of benzene rings is 1. The highest BCUT2D eigenvalue weighted by Gasteiger charge is 2.09. The molecule has 5 heteroatoms. The van der Waals surface area contributed by atoms with Crippen molar-refractivity contribution in [2.24, 2.45) is 0 Å². The second-order valence-electron chi connectivity index (χ2n) is 4.39. The molecule has 0 aliphatic rings. The molecule has 0 fully saturated rings. The Morgan fingerprint density at radius 3 is 2.70 bits per heavy atom. The van der Waals surface area contributed by atoms with Gasteiger partial charge in [0.25, 0.3) is 0 Å². The van der Waals surface area contributed by atoms with E-state index in [9.17, 15) is 9.50 Å². The maximum Gasteiger partial charge on any atom is 0.161 e. The number of aliphatic hydroxyl groups excluding tert-OH is 1. The molecule has 0 aliphatic heterocycles. The average molecular weight is 277 g/mol. The van der Waals surface area contributed by atoms with Gasteiger partial charge in [0.1, 0.15) is 12.4 Å². The van der Waals surface area contributed by atoms with E-state index in [1.165, 1.54) is 13.2 Å². The first-order chi connectivity index (χ1) is 9.60. The van der Waals surface area contributed by atoms with E-state index >= 15 is 0 Å². The quantitative estimate of drug-likeness (QED) is 0.913. The number of aliphatic hydroxyl groups is 1. The Kier molecular flexibility index (Phi) is 4.53. The number of rotatable bonds is 5. The summed E-state index contributed by atoms with van der Waals surface area (Å²) in [5, 5.41) is 9.53. The first-order valence-corrected chi connectivity index (χ1v) is 6.18. The van der Waals surface area contributed by atoms with E-state index < -0.39 is 11.9 Å². The van der Waals surface area contributed by atoms with Gasteiger partial charge in [-0.2, -0.15) is 0 Å². The van der Waals surface area contributed by atoms with Crippen molar-refractivity contribution in [1.29, 1.82) is 0 Å². The fourth-order valence-corrected chi connectivity index (χ4v) is 1.76. The highest BCUT2D eigenvalue weighted by molar-refractivity contribution is 5.43. The molecule has 2 rings (SSSR count). The molecule has 106 valence electrons. The van der Waals surface area contributed by atoms with Crippen LogP contribution in [0.25, 0.3) is 0 Å². The Balaban J connectivity index is 2.13. The molecule has 0 aliphatic carbocycles. The molecule has 0 bridgehead atoms. The number of hydrogen-bond donors (Lipinski definition) is 1. The Bertz CT molecular complexity index is 587. The van der Waals surface area contributed by atoms with Gasteiger partial charge in [0, 0.05) is 11.8 Å². The maximum absolute atomic E-state index is 13.0. The lowest BCUT2D eigenvalue weighted by molar-refractivity contribution is 0.198. The molecule has 2 aromatic rings. The van der Waals surface area contributed by atoms with Crippen LogP contribution in [0.1, 0.15) is 24.2 Å². The van der Waals surface area contributed by atoms with Gasteiger partial charge < -0.3 is 14.6 Å². The first-order valence-electron chi connectivity index (χ1n) is 6.18. The van der Waals surface area contributed by atoms with Gasteiger partial charge in [-0.15, -0.1) is 0 Å². The van der Waals surface area contributed by atoms with Crippen molar-refractivity contribution >= 4 is 0 Å².